The lowest BCUT2D eigenvalue weighted by molar-refractivity contribution is 0.0725. The maximum Gasteiger partial charge on any atom is 0.257 e. The summed E-state index contributed by atoms with van der Waals surface area (Å²) in [7, 11) is 0. The highest BCUT2D eigenvalue weighted by Crippen LogP contribution is 2.33. The number of carbonyl (C=O) groups excluding carboxylic acids is 1. The van der Waals surface area contributed by atoms with Gasteiger partial charge in [0.05, 0.1) is 11.3 Å². The highest BCUT2D eigenvalue weighted by Gasteiger charge is 2.23. The number of nitrogens with zero attached hydrogens (tertiary/aromatic N) is 3. The summed E-state index contributed by atoms with van der Waals surface area (Å²) in [5, 5.41) is 4.96. The molecule has 5 nitrogen and oxygen atoms in total. The summed E-state index contributed by atoms with van der Waals surface area (Å²) in [6, 6.07) is 9.63. The van der Waals surface area contributed by atoms with Crippen molar-refractivity contribution in [3.05, 3.63) is 58.4 Å². The van der Waals surface area contributed by atoms with Gasteiger partial charge in [-0.1, -0.05) is 17.7 Å². The maximum atomic E-state index is 13.3. The largest absolute Gasteiger partial charge is 0.354 e. The SMILES string of the molecule is Cc1ccc2c(Nc3cccc(Cl)c3C)c(C(=O)N3CCCCC3)cnc2n1. The van der Waals surface area contributed by atoms with Crippen molar-refractivity contribution in [2.45, 2.75) is 33.1 Å². The summed E-state index contributed by atoms with van der Waals surface area (Å²) in [5.74, 6) is 0.0110. The van der Waals surface area contributed by atoms with Crippen LogP contribution in [0.3, 0.4) is 0 Å². The van der Waals surface area contributed by atoms with Gasteiger partial charge in [-0.05, 0) is 62.9 Å². The van der Waals surface area contributed by atoms with Crippen LogP contribution in [-0.2, 0) is 0 Å². The summed E-state index contributed by atoms with van der Waals surface area (Å²) in [6.45, 7) is 5.47. The van der Waals surface area contributed by atoms with Crippen molar-refractivity contribution in [3.63, 3.8) is 0 Å². The molecule has 4 rings (SSSR count). The molecule has 0 bridgehead atoms. The number of likely N-dealkylation sites (tertiary alicyclic amines) is 1. The lowest BCUT2D eigenvalue weighted by Gasteiger charge is -2.28. The van der Waals surface area contributed by atoms with Crippen molar-refractivity contribution in [3.8, 4) is 0 Å². The minimum Gasteiger partial charge on any atom is -0.354 e. The monoisotopic (exact) mass is 394 g/mol. The third-order valence-electron chi connectivity index (χ3n) is 5.27. The van der Waals surface area contributed by atoms with Gasteiger partial charge in [-0.25, -0.2) is 9.97 Å². The van der Waals surface area contributed by atoms with E-state index in [9.17, 15) is 4.79 Å². The molecule has 1 aliphatic heterocycles. The average Bonchev–Trinajstić information content (AvgIpc) is 2.71. The molecule has 0 atom stereocenters. The normalized spacial score (nSPS) is 14.3. The number of carbonyl (C=O) groups is 1. The van der Waals surface area contributed by atoms with Crippen molar-refractivity contribution in [1.29, 1.82) is 0 Å². The zero-order chi connectivity index (χ0) is 19.7. The summed E-state index contributed by atoms with van der Waals surface area (Å²) < 4.78 is 0. The Hall–Kier alpha value is -2.66. The van der Waals surface area contributed by atoms with Crippen LogP contribution < -0.4 is 5.32 Å². The number of anilines is 2. The van der Waals surface area contributed by atoms with Crippen molar-refractivity contribution < 1.29 is 4.79 Å². The molecule has 2 aromatic heterocycles. The van der Waals surface area contributed by atoms with Crippen LogP contribution in [0.15, 0.2) is 36.5 Å². The second kappa shape index (κ2) is 7.76. The van der Waals surface area contributed by atoms with Gasteiger partial charge in [-0.15, -0.1) is 0 Å². The Kier molecular flexibility index (Phi) is 5.18. The fourth-order valence-electron chi connectivity index (χ4n) is 3.61. The molecule has 1 aliphatic rings. The summed E-state index contributed by atoms with van der Waals surface area (Å²) >= 11 is 6.30. The van der Waals surface area contributed by atoms with Crippen LogP contribution in [0, 0.1) is 13.8 Å². The number of amides is 1. The molecule has 1 saturated heterocycles. The molecule has 0 saturated carbocycles. The standard InChI is InChI=1S/C22H23ClN4O/c1-14-9-10-16-20(26-19-8-6-7-18(23)15(19)2)17(13-24-21(16)25-14)22(28)27-11-4-3-5-12-27/h6-10,13H,3-5,11-12H2,1-2H3,(H,24,25,26). The molecule has 1 aromatic carbocycles. The van der Waals surface area contributed by atoms with Gasteiger partial charge in [0, 0.05) is 41.1 Å². The van der Waals surface area contributed by atoms with Gasteiger partial charge < -0.3 is 10.2 Å². The number of aryl methyl sites for hydroxylation is 1. The van der Waals surface area contributed by atoms with E-state index >= 15 is 0 Å². The van der Waals surface area contributed by atoms with E-state index in [4.69, 9.17) is 11.6 Å². The lowest BCUT2D eigenvalue weighted by Crippen LogP contribution is -2.36. The van der Waals surface area contributed by atoms with Crippen LogP contribution in [0.5, 0.6) is 0 Å². The predicted octanol–water partition coefficient (Wildman–Crippen LogP) is 5.27. The van der Waals surface area contributed by atoms with Gasteiger partial charge in [0.15, 0.2) is 5.65 Å². The Labute approximate surface area is 169 Å². The van der Waals surface area contributed by atoms with E-state index in [0.717, 1.165) is 53.9 Å². The van der Waals surface area contributed by atoms with Gasteiger partial charge in [-0.2, -0.15) is 0 Å². The molecule has 28 heavy (non-hydrogen) atoms. The number of fused-ring (bicyclic) bond motifs is 1. The van der Waals surface area contributed by atoms with Crippen molar-refractivity contribution in [2.24, 2.45) is 0 Å². The van der Waals surface area contributed by atoms with Crippen molar-refractivity contribution in [1.82, 2.24) is 14.9 Å². The number of nitrogens with one attached hydrogen (secondary N) is 1. The number of piperidine rings is 1. The third-order valence-corrected chi connectivity index (χ3v) is 5.68. The Morgan fingerprint density at radius 1 is 1.11 bits per heavy atom. The molecule has 0 radical (unpaired) electrons. The molecule has 1 fully saturated rings. The third kappa shape index (κ3) is 3.54. The fourth-order valence-corrected chi connectivity index (χ4v) is 3.79. The van der Waals surface area contributed by atoms with E-state index in [2.05, 4.69) is 15.3 Å². The molecule has 3 heterocycles. The first-order valence-corrected chi connectivity index (χ1v) is 10.00. The first kappa shape index (κ1) is 18.7. The zero-order valence-electron chi connectivity index (χ0n) is 16.1. The van der Waals surface area contributed by atoms with E-state index in [0.29, 0.717) is 16.2 Å². The van der Waals surface area contributed by atoms with E-state index in [1.165, 1.54) is 6.42 Å². The number of pyridine rings is 2. The number of benzene rings is 1. The fraction of sp³-hybridized carbons (Fsp3) is 0.318. The average molecular weight is 395 g/mol. The Morgan fingerprint density at radius 3 is 2.68 bits per heavy atom. The van der Waals surface area contributed by atoms with Gasteiger partial charge in [0.1, 0.15) is 0 Å². The molecular weight excluding hydrogens is 372 g/mol. The molecule has 144 valence electrons. The second-order valence-corrected chi connectivity index (χ2v) is 7.67. The first-order chi connectivity index (χ1) is 13.5. The quantitative estimate of drug-likeness (QED) is 0.657. The van der Waals surface area contributed by atoms with Crippen LogP contribution in [0.25, 0.3) is 11.0 Å². The molecule has 0 aliphatic carbocycles. The lowest BCUT2D eigenvalue weighted by atomic mass is 10.1. The van der Waals surface area contributed by atoms with Gasteiger partial charge in [0.25, 0.3) is 5.91 Å². The van der Waals surface area contributed by atoms with Crippen LogP contribution in [0.1, 0.15) is 40.9 Å². The van der Waals surface area contributed by atoms with E-state index < -0.39 is 0 Å². The maximum absolute atomic E-state index is 13.3. The summed E-state index contributed by atoms with van der Waals surface area (Å²) in [4.78, 5) is 24.2. The van der Waals surface area contributed by atoms with E-state index in [-0.39, 0.29) is 5.91 Å². The molecule has 1 amide bonds. The zero-order valence-corrected chi connectivity index (χ0v) is 16.9. The summed E-state index contributed by atoms with van der Waals surface area (Å²) in [6.07, 6.45) is 4.91. The Morgan fingerprint density at radius 2 is 1.89 bits per heavy atom. The Balaban J connectivity index is 1.84. The molecule has 0 spiro atoms. The molecule has 6 heteroatoms. The molecule has 1 N–H and O–H groups in total. The number of aromatic nitrogens is 2. The minimum absolute atomic E-state index is 0.0110. The first-order valence-electron chi connectivity index (χ1n) is 9.62. The predicted molar refractivity (Wildman–Crippen MR) is 114 cm³/mol. The smallest absolute Gasteiger partial charge is 0.257 e. The van der Waals surface area contributed by atoms with Crippen LogP contribution >= 0.6 is 11.6 Å². The topological polar surface area (TPSA) is 58.1 Å². The van der Waals surface area contributed by atoms with Crippen molar-refractivity contribution >= 4 is 39.9 Å². The van der Waals surface area contributed by atoms with Crippen molar-refractivity contribution in [2.75, 3.05) is 18.4 Å². The van der Waals surface area contributed by atoms with Crippen LogP contribution in [0.4, 0.5) is 11.4 Å². The van der Waals surface area contributed by atoms with Gasteiger partial charge in [-0.3, -0.25) is 4.79 Å². The van der Waals surface area contributed by atoms with Crippen LogP contribution in [0.2, 0.25) is 5.02 Å². The molecule has 3 aromatic rings. The number of halogens is 1. The Bertz CT molecular complexity index is 1040. The highest BCUT2D eigenvalue weighted by atomic mass is 35.5. The van der Waals surface area contributed by atoms with E-state index in [1.54, 1.807) is 6.20 Å². The van der Waals surface area contributed by atoms with Gasteiger partial charge >= 0.3 is 0 Å². The summed E-state index contributed by atoms with van der Waals surface area (Å²) in [5.41, 5.74) is 4.62. The number of rotatable bonds is 3. The second-order valence-electron chi connectivity index (χ2n) is 7.26. The minimum atomic E-state index is 0.0110. The van der Waals surface area contributed by atoms with Crippen LogP contribution in [-0.4, -0.2) is 33.9 Å². The number of hydrogen-bond acceptors (Lipinski definition) is 4. The number of hydrogen-bond donors (Lipinski definition) is 1. The molecule has 0 unspecified atom stereocenters. The van der Waals surface area contributed by atoms with Gasteiger partial charge in [0.2, 0.25) is 0 Å². The highest BCUT2D eigenvalue weighted by molar-refractivity contribution is 6.31. The van der Waals surface area contributed by atoms with E-state index in [1.807, 2.05) is 49.1 Å². The molecular formula is C22H23ClN4O.